The average Bonchev–Trinajstić information content (AvgIpc) is 2.11. The molecule has 0 aromatic rings. The first kappa shape index (κ1) is 13.8. The van der Waals surface area contributed by atoms with Gasteiger partial charge in [-0.1, -0.05) is 13.0 Å². The van der Waals surface area contributed by atoms with Gasteiger partial charge in [0.15, 0.2) is 0 Å². The summed E-state index contributed by atoms with van der Waals surface area (Å²) in [5.41, 5.74) is -0.354. The molecule has 0 aliphatic carbocycles. The molecule has 0 rings (SSSR count). The number of rotatable bonds is 6. The zero-order valence-corrected chi connectivity index (χ0v) is 8.79. The fraction of sp³-hybridized carbons (Fsp3) is 0.778. The molecular weight excluding hydrogens is 217 g/mol. The van der Waals surface area contributed by atoms with Crippen molar-refractivity contribution in [3.63, 3.8) is 0 Å². The predicted molar refractivity (Wildman–Crippen MR) is 50.5 cm³/mol. The Morgan fingerprint density at radius 3 is 2.36 bits per heavy atom. The van der Waals surface area contributed by atoms with Gasteiger partial charge in [0.25, 0.3) is 0 Å². The van der Waals surface area contributed by atoms with Crippen LogP contribution in [0, 0.1) is 5.41 Å². The molecule has 0 N–H and O–H groups in total. The number of alkyl halides is 4. The van der Waals surface area contributed by atoms with E-state index in [2.05, 4.69) is 11.3 Å². The van der Waals surface area contributed by atoms with Gasteiger partial charge in [-0.3, -0.25) is 0 Å². The van der Waals surface area contributed by atoms with Crippen molar-refractivity contribution in [1.29, 1.82) is 0 Å². The summed E-state index contributed by atoms with van der Waals surface area (Å²) in [5.74, 6) is 0.325. The molecule has 0 saturated heterocycles. The van der Waals surface area contributed by atoms with Crippen LogP contribution < -0.4 is 0 Å². The molecule has 1 unspecified atom stereocenters. The van der Waals surface area contributed by atoms with Gasteiger partial charge in [0.05, 0.1) is 0 Å². The van der Waals surface area contributed by atoms with E-state index in [1.165, 1.54) is 0 Å². The van der Waals surface area contributed by atoms with E-state index < -0.39 is 12.8 Å². The SMILES string of the molecule is C=CC(C)(CCl)CCOCC(F)(F)F. The third-order valence-electron chi connectivity index (χ3n) is 1.88. The minimum atomic E-state index is -4.26. The van der Waals surface area contributed by atoms with E-state index in [9.17, 15) is 13.2 Å². The van der Waals surface area contributed by atoms with E-state index in [1.807, 2.05) is 6.92 Å². The largest absolute Gasteiger partial charge is 0.411 e. The first-order chi connectivity index (χ1) is 6.33. The molecule has 84 valence electrons. The van der Waals surface area contributed by atoms with Crippen molar-refractivity contribution < 1.29 is 17.9 Å². The lowest BCUT2D eigenvalue weighted by Crippen LogP contribution is -2.22. The highest BCUT2D eigenvalue weighted by Gasteiger charge is 2.28. The van der Waals surface area contributed by atoms with E-state index in [4.69, 9.17) is 11.6 Å². The van der Waals surface area contributed by atoms with E-state index in [-0.39, 0.29) is 12.0 Å². The van der Waals surface area contributed by atoms with Gasteiger partial charge in [0.1, 0.15) is 6.61 Å². The van der Waals surface area contributed by atoms with Crippen molar-refractivity contribution in [2.24, 2.45) is 5.41 Å². The Morgan fingerprint density at radius 1 is 1.43 bits per heavy atom. The minimum Gasteiger partial charge on any atom is -0.372 e. The molecule has 5 heteroatoms. The molecule has 14 heavy (non-hydrogen) atoms. The van der Waals surface area contributed by atoms with Gasteiger partial charge < -0.3 is 4.74 Å². The molecule has 0 fully saturated rings. The lowest BCUT2D eigenvalue weighted by molar-refractivity contribution is -0.174. The number of allylic oxidation sites excluding steroid dienone is 1. The van der Waals surface area contributed by atoms with Crippen LogP contribution in [-0.4, -0.2) is 25.3 Å². The van der Waals surface area contributed by atoms with Crippen molar-refractivity contribution in [2.45, 2.75) is 19.5 Å². The Labute approximate surface area is 86.9 Å². The van der Waals surface area contributed by atoms with Crippen LogP contribution in [0.4, 0.5) is 13.2 Å². The van der Waals surface area contributed by atoms with Crippen LogP contribution in [0.15, 0.2) is 12.7 Å². The van der Waals surface area contributed by atoms with Gasteiger partial charge in [0.2, 0.25) is 0 Å². The molecule has 0 aliphatic rings. The highest BCUT2D eigenvalue weighted by Crippen LogP contribution is 2.24. The molecule has 0 aromatic heterocycles. The fourth-order valence-electron chi connectivity index (χ4n) is 0.717. The normalized spacial score (nSPS) is 16.4. The lowest BCUT2D eigenvalue weighted by Gasteiger charge is -2.22. The molecule has 0 saturated carbocycles. The first-order valence-corrected chi connectivity index (χ1v) is 4.70. The molecular formula is C9H14ClF3O. The van der Waals surface area contributed by atoms with Crippen LogP contribution in [0.25, 0.3) is 0 Å². The molecule has 0 heterocycles. The maximum atomic E-state index is 11.7. The van der Waals surface area contributed by atoms with Gasteiger partial charge in [-0.25, -0.2) is 0 Å². The Morgan fingerprint density at radius 2 is 2.00 bits per heavy atom. The summed E-state index contributed by atoms with van der Waals surface area (Å²) in [7, 11) is 0. The Balaban J connectivity index is 3.68. The van der Waals surface area contributed by atoms with E-state index in [0.717, 1.165) is 0 Å². The fourth-order valence-corrected chi connectivity index (χ4v) is 0.959. The van der Waals surface area contributed by atoms with Crippen molar-refractivity contribution in [3.05, 3.63) is 12.7 Å². The summed E-state index contributed by atoms with van der Waals surface area (Å²) < 4.78 is 39.5. The minimum absolute atomic E-state index is 0.0365. The molecule has 0 aliphatic heterocycles. The Bertz CT molecular complexity index is 181. The van der Waals surface area contributed by atoms with Gasteiger partial charge in [-0.15, -0.1) is 18.2 Å². The van der Waals surface area contributed by atoms with Crippen LogP contribution in [-0.2, 0) is 4.74 Å². The summed E-state index contributed by atoms with van der Waals surface area (Å²) in [4.78, 5) is 0. The number of hydrogen-bond acceptors (Lipinski definition) is 1. The van der Waals surface area contributed by atoms with Crippen LogP contribution in [0.5, 0.6) is 0 Å². The molecule has 0 aromatic carbocycles. The van der Waals surface area contributed by atoms with Crippen molar-refractivity contribution in [3.8, 4) is 0 Å². The van der Waals surface area contributed by atoms with Crippen LogP contribution in [0.2, 0.25) is 0 Å². The second-order valence-corrected chi connectivity index (χ2v) is 3.68. The third-order valence-corrected chi connectivity index (χ3v) is 2.49. The Kier molecular flexibility index (Phi) is 5.52. The summed E-state index contributed by atoms with van der Waals surface area (Å²) in [6.45, 7) is 4.22. The van der Waals surface area contributed by atoms with E-state index in [1.54, 1.807) is 6.08 Å². The van der Waals surface area contributed by atoms with Crippen LogP contribution in [0.1, 0.15) is 13.3 Å². The smallest absolute Gasteiger partial charge is 0.372 e. The van der Waals surface area contributed by atoms with Crippen LogP contribution >= 0.6 is 11.6 Å². The van der Waals surface area contributed by atoms with Gasteiger partial charge in [-0.2, -0.15) is 13.2 Å². The third kappa shape index (κ3) is 6.27. The standard InChI is InChI=1S/C9H14ClF3O/c1-3-8(2,6-10)4-5-14-7-9(11,12)13/h3H,1,4-7H2,2H3. The monoisotopic (exact) mass is 230 g/mol. The molecule has 1 nitrogen and oxygen atoms in total. The second-order valence-electron chi connectivity index (χ2n) is 3.41. The molecule has 0 spiro atoms. The topological polar surface area (TPSA) is 9.23 Å². The lowest BCUT2D eigenvalue weighted by atomic mass is 9.90. The second kappa shape index (κ2) is 5.61. The number of ether oxygens (including phenoxy) is 1. The predicted octanol–water partition coefficient (Wildman–Crippen LogP) is 3.39. The Hall–Kier alpha value is -0.220. The summed E-state index contributed by atoms with van der Waals surface area (Å²) in [5, 5.41) is 0. The first-order valence-electron chi connectivity index (χ1n) is 4.17. The molecule has 0 bridgehead atoms. The van der Waals surface area contributed by atoms with Gasteiger partial charge in [-0.05, 0) is 6.42 Å². The highest BCUT2D eigenvalue weighted by molar-refractivity contribution is 6.18. The highest BCUT2D eigenvalue weighted by atomic mass is 35.5. The quantitative estimate of drug-likeness (QED) is 0.386. The molecule has 0 amide bonds. The van der Waals surface area contributed by atoms with Crippen LogP contribution in [0.3, 0.4) is 0 Å². The summed E-state index contributed by atoms with van der Waals surface area (Å²) in [6.07, 6.45) is -2.18. The van der Waals surface area contributed by atoms with Crippen molar-refractivity contribution in [1.82, 2.24) is 0 Å². The summed E-state index contributed by atoms with van der Waals surface area (Å²) in [6, 6.07) is 0. The van der Waals surface area contributed by atoms with E-state index >= 15 is 0 Å². The average molecular weight is 231 g/mol. The maximum Gasteiger partial charge on any atom is 0.411 e. The van der Waals surface area contributed by atoms with Crippen molar-refractivity contribution in [2.75, 3.05) is 19.1 Å². The molecule has 0 radical (unpaired) electrons. The van der Waals surface area contributed by atoms with E-state index in [0.29, 0.717) is 12.3 Å². The van der Waals surface area contributed by atoms with Gasteiger partial charge >= 0.3 is 6.18 Å². The zero-order chi connectivity index (χ0) is 11.2. The zero-order valence-electron chi connectivity index (χ0n) is 8.03. The number of hydrogen-bond donors (Lipinski definition) is 0. The maximum absolute atomic E-state index is 11.7. The van der Waals surface area contributed by atoms with Gasteiger partial charge in [0, 0.05) is 17.9 Å². The molecule has 1 atom stereocenters. The van der Waals surface area contributed by atoms with Crippen molar-refractivity contribution >= 4 is 11.6 Å². The number of halogens is 4. The summed E-state index contributed by atoms with van der Waals surface area (Å²) >= 11 is 5.63.